The van der Waals surface area contributed by atoms with Crippen molar-refractivity contribution in [2.45, 2.75) is 12.5 Å². The second kappa shape index (κ2) is 5.61. The molecule has 104 valence electrons. The second-order valence-electron chi connectivity index (χ2n) is 5.17. The van der Waals surface area contributed by atoms with Gasteiger partial charge in [0.2, 0.25) is 0 Å². The lowest BCUT2D eigenvalue weighted by molar-refractivity contribution is -0.152. The van der Waals surface area contributed by atoms with Gasteiger partial charge < -0.3 is 10.0 Å². The third kappa shape index (κ3) is 2.83. The van der Waals surface area contributed by atoms with E-state index in [-0.39, 0.29) is 0 Å². The molecule has 0 saturated carbocycles. The summed E-state index contributed by atoms with van der Waals surface area (Å²) in [4.78, 5) is 16.1. The van der Waals surface area contributed by atoms with Crippen molar-refractivity contribution < 1.29 is 9.90 Å². The molecule has 1 aromatic carbocycles. The van der Waals surface area contributed by atoms with Gasteiger partial charge in [0.1, 0.15) is 5.54 Å². The van der Waals surface area contributed by atoms with Crippen LogP contribution in [0.15, 0.2) is 28.7 Å². The zero-order valence-corrected chi connectivity index (χ0v) is 12.9. The molecule has 4 nitrogen and oxygen atoms in total. The lowest BCUT2D eigenvalue weighted by Gasteiger charge is -2.42. The summed E-state index contributed by atoms with van der Waals surface area (Å²) in [5, 5.41) is 9.71. The van der Waals surface area contributed by atoms with E-state index >= 15 is 0 Å². The van der Waals surface area contributed by atoms with Gasteiger partial charge in [0, 0.05) is 30.7 Å². The molecule has 1 fully saturated rings. The molecule has 0 radical (unpaired) electrons. The quantitative estimate of drug-likeness (QED) is 0.922. The molecule has 0 aliphatic carbocycles. The van der Waals surface area contributed by atoms with Crippen molar-refractivity contribution in [3.63, 3.8) is 0 Å². The van der Waals surface area contributed by atoms with Crippen LogP contribution in [-0.4, -0.2) is 54.1 Å². The molecule has 1 aliphatic heterocycles. The molecule has 1 unspecified atom stereocenters. The van der Waals surface area contributed by atoms with E-state index in [2.05, 4.69) is 32.8 Å². The van der Waals surface area contributed by atoms with Crippen LogP contribution in [0.4, 0.5) is 0 Å². The van der Waals surface area contributed by atoms with Crippen molar-refractivity contribution in [3.8, 4) is 0 Å². The molecular formula is C14H19BrN2O2. The number of halogens is 1. The summed E-state index contributed by atoms with van der Waals surface area (Å²) in [6.45, 7) is 5.15. The number of carboxylic acid groups (broad SMARTS) is 1. The molecule has 1 atom stereocenters. The van der Waals surface area contributed by atoms with E-state index < -0.39 is 11.5 Å². The zero-order valence-electron chi connectivity index (χ0n) is 11.3. The van der Waals surface area contributed by atoms with Gasteiger partial charge in [-0.25, -0.2) is 4.79 Å². The van der Waals surface area contributed by atoms with E-state index in [1.165, 1.54) is 0 Å². The number of carbonyl (C=O) groups is 1. The van der Waals surface area contributed by atoms with Crippen LogP contribution in [0.25, 0.3) is 0 Å². The Morgan fingerprint density at radius 1 is 1.21 bits per heavy atom. The van der Waals surface area contributed by atoms with Crippen LogP contribution in [0.3, 0.4) is 0 Å². The van der Waals surface area contributed by atoms with E-state index in [4.69, 9.17) is 0 Å². The Morgan fingerprint density at radius 3 is 2.21 bits per heavy atom. The van der Waals surface area contributed by atoms with Crippen LogP contribution in [0.2, 0.25) is 0 Å². The van der Waals surface area contributed by atoms with E-state index in [1.54, 1.807) is 6.92 Å². The number of piperazine rings is 1. The first-order valence-electron chi connectivity index (χ1n) is 6.37. The summed E-state index contributed by atoms with van der Waals surface area (Å²) < 4.78 is 0.961. The van der Waals surface area contributed by atoms with Crippen molar-refractivity contribution in [1.29, 1.82) is 0 Å². The van der Waals surface area contributed by atoms with Gasteiger partial charge in [-0.05, 0) is 31.7 Å². The van der Waals surface area contributed by atoms with Crippen LogP contribution in [0, 0.1) is 0 Å². The zero-order chi connectivity index (χ0) is 14.0. The Hall–Kier alpha value is -0.910. The smallest absolute Gasteiger partial charge is 0.328 e. The van der Waals surface area contributed by atoms with E-state index in [9.17, 15) is 9.90 Å². The fraction of sp³-hybridized carbons (Fsp3) is 0.500. The maximum atomic E-state index is 11.8. The Labute approximate surface area is 122 Å². The van der Waals surface area contributed by atoms with Crippen molar-refractivity contribution in [3.05, 3.63) is 34.3 Å². The highest BCUT2D eigenvalue weighted by Gasteiger charge is 2.42. The standard InChI is InChI=1S/C14H19BrN2O2/c1-14(13(18)19,11-3-5-12(15)6-4-11)17-9-7-16(2)8-10-17/h3-6H,7-10H2,1-2H3,(H,18,19). The molecule has 1 aliphatic rings. The predicted molar refractivity (Wildman–Crippen MR) is 78.2 cm³/mol. The van der Waals surface area contributed by atoms with Crippen LogP contribution in [-0.2, 0) is 10.3 Å². The number of likely N-dealkylation sites (N-methyl/N-ethyl adjacent to an activating group) is 1. The summed E-state index contributed by atoms with van der Waals surface area (Å²) in [5.41, 5.74) is -0.130. The van der Waals surface area contributed by atoms with Crippen LogP contribution >= 0.6 is 15.9 Å². The highest BCUT2D eigenvalue weighted by Crippen LogP contribution is 2.30. The number of nitrogens with zero attached hydrogens (tertiary/aromatic N) is 2. The van der Waals surface area contributed by atoms with Gasteiger partial charge >= 0.3 is 5.97 Å². The number of benzene rings is 1. The first-order chi connectivity index (χ1) is 8.94. The molecule has 0 aromatic heterocycles. The maximum absolute atomic E-state index is 11.8. The summed E-state index contributed by atoms with van der Waals surface area (Å²) in [6, 6.07) is 7.56. The minimum absolute atomic E-state index is 0.773. The van der Waals surface area contributed by atoms with Crippen LogP contribution in [0.5, 0.6) is 0 Å². The van der Waals surface area contributed by atoms with Gasteiger partial charge in [-0.15, -0.1) is 0 Å². The minimum Gasteiger partial charge on any atom is -0.480 e. The third-order valence-corrected chi connectivity index (χ3v) is 4.49. The Morgan fingerprint density at radius 2 is 1.74 bits per heavy atom. The van der Waals surface area contributed by atoms with Crippen molar-refractivity contribution in [1.82, 2.24) is 9.80 Å². The minimum atomic E-state index is -0.956. The molecule has 1 heterocycles. The lowest BCUT2D eigenvalue weighted by Crippen LogP contribution is -2.56. The van der Waals surface area contributed by atoms with E-state index in [0.717, 1.165) is 36.2 Å². The van der Waals surface area contributed by atoms with Crippen LogP contribution in [0.1, 0.15) is 12.5 Å². The van der Waals surface area contributed by atoms with Crippen molar-refractivity contribution in [2.75, 3.05) is 33.2 Å². The summed E-state index contributed by atoms with van der Waals surface area (Å²) in [7, 11) is 2.06. The van der Waals surface area contributed by atoms with E-state index in [1.807, 2.05) is 24.3 Å². The molecule has 0 bridgehead atoms. The number of hydrogen-bond acceptors (Lipinski definition) is 3. The lowest BCUT2D eigenvalue weighted by atomic mass is 9.89. The monoisotopic (exact) mass is 326 g/mol. The summed E-state index contributed by atoms with van der Waals surface area (Å²) in [5.74, 6) is -0.792. The average Bonchev–Trinajstić information content (AvgIpc) is 2.39. The maximum Gasteiger partial charge on any atom is 0.328 e. The molecule has 1 N–H and O–H groups in total. The largest absolute Gasteiger partial charge is 0.480 e. The first-order valence-corrected chi connectivity index (χ1v) is 7.17. The molecule has 0 spiro atoms. The topological polar surface area (TPSA) is 43.8 Å². The summed E-state index contributed by atoms with van der Waals surface area (Å²) >= 11 is 3.39. The number of rotatable bonds is 3. The molecule has 0 amide bonds. The second-order valence-corrected chi connectivity index (χ2v) is 6.09. The van der Waals surface area contributed by atoms with Gasteiger partial charge in [-0.3, -0.25) is 4.90 Å². The fourth-order valence-corrected chi connectivity index (χ4v) is 2.73. The van der Waals surface area contributed by atoms with Gasteiger partial charge in [0.05, 0.1) is 0 Å². The predicted octanol–water partition coefficient (Wildman–Crippen LogP) is 2.00. The van der Waals surface area contributed by atoms with Gasteiger partial charge in [-0.1, -0.05) is 28.1 Å². The number of carboxylic acids is 1. The number of hydrogen-bond donors (Lipinski definition) is 1. The van der Waals surface area contributed by atoms with Gasteiger partial charge in [0.15, 0.2) is 0 Å². The molecule has 1 saturated heterocycles. The highest BCUT2D eigenvalue weighted by molar-refractivity contribution is 9.10. The summed E-state index contributed by atoms with van der Waals surface area (Å²) in [6.07, 6.45) is 0. The fourth-order valence-electron chi connectivity index (χ4n) is 2.47. The SMILES string of the molecule is CN1CCN(C(C)(C(=O)O)c2ccc(Br)cc2)CC1. The average molecular weight is 327 g/mol. The molecule has 2 rings (SSSR count). The molecule has 19 heavy (non-hydrogen) atoms. The van der Waals surface area contributed by atoms with E-state index in [0.29, 0.717) is 0 Å². The number of aliphatic carboxylic acids is 1. The van der Waals surface area contributed by atoms with Gasteiger partial charge in [-0.2, -0.15) is 0 Å². The third-order valence-electron chi connectivity index (χ3n) is 3.96. The highest BCUT2D eigenvalue weighted by atomic mass is 79.9. The normalized spacial score (nSPS) is 21.0. The van der Waals surface area contributed by atoms with Crippen LogP contribution < -0.4 is 0 Å². The van der Waals surface area contributed by atoms with Gasteiger partial charge in [0.25, 0.3) is 0 Å². The van der Waals surface area contributed by atoms with Crippen molar-refractivity contribution in [2.24, 2.45) is 0 Å². The Kier molecular flexibility index (Phi) is 4.28. The Bertz CT molecular complexity index is 455. The molecule has 1 aromatic rings. The Balaban J connectivity index is 2.32. The first kappa shape index (κ1) is 14.5. The molecular weight excluding hydrogens is 308 g/mol. The van der Waals surface area contributed by atoms with Crippen molar-refractivity contribution >= 4 is 21.9 Å². The molecule has 5 heteroatoms.